The normalized spacial score (nSPS) is 13.3. The third-order valence-electron chi connectivity index (χ3n) is 4.84. The molecule has 0 bridgehead atoms. The zero-order chi connectivity index (χ0) is 18.0. The van der Waals surface area contributed by atoms with E-state index in [9.17, 15) is 4.79 Å². The number of ether oxygens (including phenoxy) is 1. The molecule has 0 spiro atoms. The van der Waals surface area contributed by atoms with Gasteiger partial charge in [-0.1, -0.05) is 69.3 Å². The van der Waals surface area contributed by atoms with Crippen molar-refractivity contribution in [3.8, 4) is 11.1 Å². The van der Waals surface area contributed by atoms with Gasteiger partial charge < -0.3 is 9.64 Å². The van der Waals surface area contributed by atoms with Crippen molar-refractivity contribution in [1.29, 1.82) is 0 Å². The average Bonchev–Trinajstić information content (AvgIpc) is 2.91. The minimum Gasteiger partial charge on any atom is -0.448 e. The van der Waals surface area contributed by atoms with Gasteiger partial charge in [0.05, 0.1) is 0 Å². The minimum absolute atomic E-state index is 0.118. The van der Waals surface area contributed by atoms with Crippen LogP contribution in [0.4, 0.5) is 4.79 Å². The summed E-state index contributed by atoms with van der Waals surface area (Å²) in [5.41, 5.74) is 5.20. The largest absolute Gasteiger partial charge is 0.448 e. The predicted octanol–water partition coefficient (Wildman–Crippen LogP) is 5.30. The number of carbonyl (C=O) groups excluding carboxylic acids is 1. The van der Waals surface area contributed by atoms with Crippen LogP contribution in [0, 0.1) is 5.41 Å². The Morgan fingerprint density at radius 2 is 1.52 bits per heavy atom. The molecule has 0 N–H and O–H groups in total. The standard InChI is InChI=1S/C22H27NO2/c1-22(2,3)13-14-23(4)21(24)25-15-20-18-11-7-5-9-16(18)17-10-6-8-12-19(17)20/h5-12,20H,13-15H2,1-4H3. The van der Waals surface area contributed by atoms with Gasteiger partial charge in [0, 0.05) is 19.5 Å². The molecule has 3 rings (SSSR count). The number of rotatable bonds is 4. The summed E-state index contributed by atoms with van der Waals surface area (Å²) in [6.07, 6.45) is 0.708. The second-order valence-electron chi connectivity index (χ2n) is 8.04. The molecule has 2 aromatic carbocycles. The molecule has 0 saturated carbocycles. The second-order valence-corrected chi connectivity index (χ2v) is 8.04. The lowest BCUT2D eigenvalue weighted by Gasteiger charge is -2.24. The zero-order valence-electron chi connectivity index (χ0n) is 15.6. The lowest BCUT2D eigenvalue weighted by molar-refractivity contribution is 0.105. The summed E-state index contributed by atoms with van der Waals surface area (Å²) in [5, 5.41) is 0. The first-order valence-electron chi connectivity index (χ1n) is 8.93. The van der Waals surface area contributed by atoms with Crippen LogP contribution >= 0.6 is 0 Å². The van der Waals surface area contributed by atoms with E-state index < -0.39 is 0 Å². The molecule has 3 heteroatoms. The van der Waals surface area contributed by atoms with E-state index >= 15 is 0 Å². The Morgan fingerprint density at radius 3 is 2.04 bits per heavy atom. The van der Waals surface area contributed by atoms with Crippen LogP contribution in [0.3, 0.4) is 0 Å². The van der Waals surface area contributed by atoms with Gasteiger partial charge in [-0.15, -0.1) is 0 Å². The minimum atomic E-state index is -0.244. The number of nitrogens with zero attached hydrogens (tertiary/aromatic N) is 1. The summed E-state index contributed by atoms with van der Waals surface area (Å²) in [5.74, 6) is 0.118. The van der Waals surface area contributed by atoms with Gasteiger partial charge in [-0.2, -0.15) is 0 Å². The van der Waals surface area contributed by atoms with Crippen LogP contribution in [0.2, 0.25) is 0 Å². The van der Waals surface area contributed by atoms with Gasteiger partial charge in [-0.3, -0.25) is 0 Å². The smallest absolute Gasteiger partial charge is 0.409 e. The van der Waals surface area contributed by atoms with Gasteiger partial charge in [0.15, 0.2) is 0 Å². The molecular weight excluding hydrogens is 310 g/mol. The van der Waals surface area contributed by atoms with Crippen LogP contribution in [0.15, 0.2) is 48.5 Å². The summed E-state index contributed by atoms with van der Waals surface area (Å²) < 4.78 is 5.65. The number of benzene rings is 2. The first-order valence-corrected chi connectivity index (χ1v) is 8.93. The Morgan fingerprint density at radius 1 is 1.00 bits per heavy atom. The zero-order valence-corrected chi connectivity index (χ0v) is 15.6. The highest BCUT2D eigenvalue weighted by Gasteiger charge is 2.29. The Hall–Kier alpha value is -2.29. The SMILES string of the molecule is CN(CCC(C)(C)C)C(=O)OCC1c2ccccc2-c2ccccc21. The van der Waals surface area contributed by atoms with E-state index in [-0.39, 0.29) is 17.4 Å². The summed E-state index contributed by atoms with van der Waals surface area (Å²) in [6, 6.07) is 16.8. The highest BCUT2D eigenvalue weighted by molar-refractivity contribution is 5.79. The van der Waals surface area contributed by atoms with Crippen molar-refractivity contribution in [1.82, 2.24) is 4.90 Å². The fraction of sp³-hybridized carbons (Fsp3) is 0.409. The van der Waals surface area contributed by atoms with Gasteiger partial charge in [-0.25, -0.2) is 4.79 Å². The molecule has 0 radical (unpaired) electrons. The molecule has 0 fully saturated rings. The fourth-order valence-corrected chi connectivity index (χ4v) is 3.30. The van der Waals surface area contributed by atoms with Crippen LogP contribution in [0.25, 0.3) is 11.1 Å². The fourth-order valence-electron chi connectivity index (χ4n) is 3.30. The summed E-state index contributed by atoms with van der Waals surface area (Å²) in [6.45, 7) is 7.63. The van der Waals surface area contributed by atoms with E-state index in [4.69, 9.17) is 4.74 Å². The molecule has 0 aromatic heterocycles. The van der Waals surface area contributed by atoms with Crippen LogP contribution in [-0.4, -0.2) is 31.2 Å². The summed E-state index contributed by atoms with van der Waals surface area (Å²) in [4.78, 5) is 14.0. The average molecular weight is 337 g/mol. The van der Waals surface area contributed by atoms with Gasteiger partial charge in [0.2, 0.25) is 0 Å². The molecule has 1 aliphatic carbocycles. The maximum Gasteiger partial charge on any atom is 0.409 e. The van der Waals surface area contributed by atoms with E-state index in [0.29, 0.717) is 13.2 Å². The molecule has 3 nitrogen and oxygen atoms in total. The van der Waals surface area contributed by atoms with E-state index in [2.05, 4.69) is 69.3 Å². The molecule has 1 aliphatic rings. The highest BCUT2D eigenvalue weighted by Crippen LogP contribution is 2.44. The molecule has 0 unspecified atom stereocenters. The van der Waals surface area contributed by atoms with Crippen molar-refractivity contribution >= 4 is 6.09 Å². The van der Waals surface area contributed by atoms with Crippen molar-refractivity contribution in [3.63, 3.8) is 0 Å². The maximum absolute atomic E-state index is 12.3. The third-order valence-corrected chi connectivity index (χ3v) is 4.84. The number of hydrogen-bond donors (Lipinski definition) is 0. The molecule has 0 aliphatic heterocycles. The van der Waals surface area contributed by atoms with Gasteiger partial charge >= 0.3 is 6.09 Å². The molecule has 0 atom stereocenters. The first-order chi connectivity index (χ1) is 11.9. The molecule has 1 amide bonds. The highest BCUT2D eigenvalue weighted by atomic mass is 16.6. The van der Waals surface area contributed by atoms with Gasteiger partial charge in [0.25, 0.3) is 0 Å². The Labute approximate surface area is 150 Å². The van der Waals surface area contributed by atoms with E-state index in [1.54, 1.807) is 4.90 Å². The van der Waals surface area contributed by atoms with Crippen molar-refractivity contribution in [2.24, 2.45) is 5.41 Å². The van der Waals surface area contributed by atoms with Gasteiger partial charge in [-0.05, 0) is 34.1 Å². The maximum atomic E-state index is 12.3. The van der Waals surface area contributed by atoms with Crippen molar-refractivity contribution < 1.29 is 9.53 Å². The Balaban J connectivity index is 1.68. The van der Waals surface area contributed by atoms with Gasteiger partial charge in [0.1, 0.15) is 6.61 Å². The summed E-state index contributed by atoms with van der Waals surface area (Å²) >= 11 is 0. The molecule has 0 heterocycles. The molecule has 2 aromatic rings. The number of hydrogen-bond acceptors (Lipinski definition) is 2. The predicted molar refractivity (Wildman–Crippen MR) is 102 cm³/mol. The number of carbonyl (C=O) groups is 1. The van der Waals surface area contributed by atoms with E-state index in [1.807, 2.05) is 7.05 Å². The number of fused-ring (bicyclic) bond motifs is 3. The quantitative estimate of drug-likeness (QED) is 0.757. The van der Waals surface area contributed by atoms with E-state index in [0.717, 1.165) is 6.42 Å². The molecule has 25 heavy (non-hydrogen) atoms. The van der Waals surface area contributed by atoms with Crippen LogP contribution in [0.5, 0.6) is 0 Å². The van der Waals surface area contributed by atoms with Crippen molar-refractivity contribution in [2.75, 3.05) is 20.2 Å². The Bertz CT molecular complexity index is 715. The first kappa shape index (κ1) is 17.5. The summed E-state index contributed by atoms with van der Waals surface area (Å²) in [7, 11) is 1.81. The second kappa shape index (κ2) is 6.91. The lowest BCUT2D eigenvalue weighted by atomic mass is 9.92. The molecular formula is C22H27NO2. The van der Waals surface area contributed by atoms with E-state index in [1.165, 1.54) is 22.3 Å². The number of amides is 1. The molecule has 0 saturated heterocycles. The third kappa shape index (κ3) is 3.87. The monoisotopic (exact) mass is 337 g/mol. The van der Waals surface area contributed by atoms with Crippen molar-refractivity contribution in [3.05, 3.63) is 59.7 Å². The lowest BCUT2D eigenvalue weighted by Crippen LogP contribution is -2.31. The molecule has 132 valence electrons. The van der Waals surface area contributed by atoms with Crippen LogP contribution in [-0.2, 0) is 4.74 Å². The van der Waals surface area contributed by atoms with Crippen molar-refractivity contribution in [2.45, 2.75) is 33.1 Å². The van der Waals surface area contributed by atoms with Crippen LogP contribution < -0.4 is 0 Å². The van der Waals surface area contributed by atoms with Crippen LogP contribution in [0.1, 0.15) is 44.2 Å². The Kier molecular flexibility index (Phi) is 4.85. The topological polar surface area (TPSA) is 29.5 Å².